The molecule has 0 saturated carbocycles. The summed E-state index contributed by atoms with van der Waals surface area (Å²) in [5.74, 6) is 0.0207. The third kappa shape index (κ3) is 2.94. The van der Waals surface area contributed by atoms with Gasteiger partial charge in [0.25, 0.3) is 5.91 Å². The predicted octanol–water partition coefficient (Wildman–Crippen LogP) is 3.30. The zero-order valence-electron chi connectivity index (χ0n) is 15.9. The summed E-state index contributed by atoms with van der Waals surface area (Å²) < 4.78 is 40.0. The minimum Gasteiger partial charge on any atom is -0.366 e. The second-order valence-electron chi connectivity index (χ2n) is 7.64. The van der Waals surface area contributed by atoms with Crippen LogP contribution in [0.1, 0.15) is 31.0 Å². The van der Waals surface area contributed by atoms with Gasteiger partial charge in [0.1, 0.15) is 17.4 Å². The maximum Gasteiger partial charge on any atom is 0.391 e. The molecule has 2 aromatic rings. The summed E-state index contributed by atoms with van der Waals surface area (Å²) in [7, 11) is 0. The van der Waals surface area contributed by atoms with Crippen LogP contribution in [0.25, 0.3) is 0 Å². The van der Waals surface area contributed by atoms with E-state index in [1.807, 2.05) is 35.2 Å². The fraction of sp³-hybridized carbons (Fsp3) is 0.350. The molecule has 4 heterocycles. The summed E-state index contributed by atoms with van der Waals surface area (Å²) in [6.07, 6.45) is -0.273. The van der Waals surface area contributed by atoms with Crippen LogP contribution in [-0.2, 0) is 4.79 Å². The smallest absolute Gasteiger partial charge is 0.366 e. The van der Waals surface area contributed by atoms with Gasteiger partial charge in [-0.1, -0.05) is 30.3 Å². The molecule has 3 aliphatic heterocycles. The molecule has 0 aliphatic carbocycles. The van der Waals surface area contributed by atoms with Crippen LogP contribution in [0.3, 0.4) is 0 Å². The summed E-state index contributed by atoms with van der Waals surface area (Å²) in [6, 6.07) is 9.69. The quantitative estimate of drug-likeness (QED) is 0.800. The molecule has 2 unspecified atom stereocenters. The third-order valence-electron chi connectivity index (χ3n) is 5.78. The third-order valence-corrected chi connectivity index (χ3v) is 5.78. The molecule has 2 N–H and O–H groups in total. The summed E-state index contributed by atoms with van der Waals surface area (Å²) >= 11 is 0. The fourth-order valence-electron chi connectivity index (χ4n) is 4.49. The zero-order valence-corrected chi connectivity index (χ0v) is 15.9. The van der Waals surface area contributed by atoms with Crippen LogP contribution in [0.2, 0.25) is 0 Å². The molecule has 30 heavy (non-hydrogen) atoms. The Morgan fingerprint density at radius 3 is 2.80 bits per heavy atom. The number of hydrogen-bond donors (Lipinski definition) is 2. The van der Waals surface area contributed by atoms with E-state index >= 15 is 0 Å². The highest BCUT2D eigenvalue weighted by atomic mass is 19.4. The number of rotatable bonds is 3. The van der Waals surface area contributed by atoms with Crippen molar-refractivity contribution in [1.82, 2.24) is 15.3 Å². The lowest BCUT2D eigenvalue weighted by molar-refractivity contribution is -0.155. The van der Waals surface area contributed by atoms with E-state index in [1.165, 1.54) is 11.1 Å². The normalized spacial score (nSPS) is 25.0. The van der Waals surface area contributed by atoms with Crippen molar-refractivity contribution in [2.45, 2.75) is 37.1 Å². The van der Waals surface area contributed by atoms with Gasteiger partial charge in [-0.2, -0.15) is 18.2 Å². The Morgan fingerprint density at radius 2 is 2.03 bits per heavy atom. The Kier molecular flexibility index (Phi) is 4.12. The number of halogens is 3. The topological polar surface area (TPSA) is 73.4 Å². The van der Waals surface area contributed by atoms with E-state index in [2.05, 4.69) is 20.6 Å². The number of hydrogen-bond acceptors (Lipinski definition) is 6. The summed E-state index contributed by atoms with van der Waals surface area (Å²) in [6.45, 7) is 0.336. The molecular formula is C20H19F3N6O. The van der Waals surface area contributed by atoms with Crippen LogP contribution in [0.15, 0.2) is 48.9 Å². The lowest BCUT2D eigenvalue weighted by atomic mass is 9.88. The van der Waals surface area contributed by atoms with Gasteiger partial charge in [-0.05, 0) is 18.4 Å². The SMILES string of the molecule is O=C1Nc2cnc(N3C=CNC3c3ccccc3)nc2N2CCCC12CC(F)(F)F. The molecular weight excluding hydrogens is 397 g/mol. The zero-order chi connectivity index (χ0) is 20.9. The van der Waals surface area contributed by atoms with Crippen LogP contribution in [0.4, 0.5) is 30.6 Å². The number of carbonyl (C=O) groups is 1. The first kappa shape index (κ1) is 18.7. The standard InChI is InChI=1S/C20H19F3N6O/c21-20(22,23)12-19-7-4-9-29(19)16-14(26-17(19)30)11-25-18(27-16)28-10-8-24-15(28)13-5-2-1-3-6-13/h1-3,5-6,8,10-11,15,24H,4,7,9,12H2,(H,26,30). The van der Waals surface area contributed by atoms with E-state index in [9.17, 15) is 18.0 Å². The number of carbonyl (C=O) groups excluding carboxylic acids is 1. The number of aromatic nitrogens is 2. The number of amides is 1. The molecule has 1 saturated heterocycles. The van der Waals surface area contributed by atoms with Crippen LogP contribution >= 0.6 is 0 Å². The van der Waals surface area contributed by atoms with E-state index in [0.717, 1.165) is 5.56 Å². The summed E-state index contributed by atoms with van der Waals surface area (Å²) in [5.41, 5.74) is -0.338. The second kappa shape index (κ2) is 6.61. The maximum atomic E-state index is 13.3. The van der Waals surface area contributed by atoms with Crippen molar-refractivity contribution in [3.63, 3.8) is 0 Å². The van der Waals surface area contributed by atoms with Crippen LogP contribution in [-0.4, -0.2) is 34.1 Å². The molecule has 0 radical (unpaired) electrons. The fourth-order valence-corrected chi connectivity index (χ4v) is 4.49. The molecule has 1 amide bonds. The van der Waals surface area contributed by atoms with Gasteiger partial charge in [0.15, 0.2) is 5.82 Å². The highest BCUT2D eigenvalue weighted by Crippen LogP contribution is 2.47. The molecule has 0 bridgehead atoms. The number of nitrogens with zero attached hydrogens (tertiary/aromatic N) is 4. The van der Waals surface area contributed by atoms with Gasteiger partial charge in [0.05, 0.1) is 12.6 Å². The van der Waals surface area contributed by atoms with Gasteiger partial charge in [0, 0.05) is 18.9 Å². The Balaban J connectivity index is 1.53. The van der Waals surface area contributed by atoms with Crippen molar-refractivity contribution in [3.05, 3.63) is 54.5 Å². The van der Waals surface area contributed by atoms with Gasteiger partial charge in [-0.15, -0.1) is 0 Å². The average Bonchev–Trinajstić information content (AvgIpc) is 3.36. The Morgan fingerprint density at radius 1 is 1.23 bits per heavy atom. The maximum absolute atomic E-state index is 13.3. The van der Waals surface area contributed by atoms with E-state index in [-0.39, 0.29) is 12.6 Å². The van der Waals surface area contributed by atoms with Crippen molar-refractivity contribution in [2.24, 2.45) is 0 Å². The first-order valence-electron chi connectivity index (χ1n) is 9.66. The second-order valence-corrected chi connectivity index (χ2v) is 7.64. The van der Waals surface area contributed by atoms with E-state index < -0.39 is 24.0 Å². The number of fused-ring (bicyclic) bond motifs is 3. The number of anilines is 3. The molecule has 2 atom stereocenters. The number of nitrogens with one attached hydrogen (secondary N) is 2. The van der Waals surface area contributed by atoms with Crippen LogP contribution in [0, 0.1) is 0 Å². The first-order valence-corrected chi connectivity index (χ1v) is 9.66. The number of alkyl halides is 3. The average molecular weight is 416 g/mol. The van der Waals surface area contributed by atoms with Crippen molar-refractivity contribution in [3.8, 4) is 0 Å². The minimum atomic E-state index is -4.46. The van der Waals surface area contributed by atoms with E-state index in [0.29, 0.717) is 30.4 Å². The largest absolute Gasteiger partial charge is 0.391 e. The minimum absolute atomic E-state index is 0.134. The molecule has 3 aliphatic rings. The molecule has 1 aromatic heterocycles. The number of benzene rings is 1. The van der Waals surface area contributed by atoms with Gasteiger partial charge in [-0.3, -0.25) is 9.69 Å². The Bertz CT molecular complexity index is 1010. The lowest BCUT2D eigenvalue weighted by Gasteiger charge is -2.42. The predicted molar refractivity (Wildman–Crippen MR) is 105 cm³/mol. The van der Waals surface area contributed by atoms with E-state index in [1.54, 1.807) is 12.4 Å². The lowest BCUT2D eigenvalue weighted by Crippen LogP contribution is -2.58. The van der Waals surface area contributed by atoms with Crippen molar-refractivity contribution in [1.29, 1.82) is 0 Å². The van der Waals surface area contributed by atoms with Crippen LogP contribution in [0.5, 0.6) is 0 Å². The van der Waals surface area contributed by atoms with Gasteiger partial charge in [-0.25, -0.2) is 4.98 Å². The Labute approximate surface area is 170 Å². The van der Waals surface area contributed by atoms with Gasteiger partial charge >= 0.3 is 6.18 Å². The summed E-state index contributed by atoms with van der Waals surface area (Å²) in [4.78, 5) is 24.9. The van der Waals surface area contributed by atoms with Crippen molar-refractivity contribution < 1.29 is 18.0 Å². The monoisotopic (exact) mass is 416 g/mol. The van der Waals surface area contributed by atoms with Crippen LogP contribution < -0.4 is 20.4 Å². The highest BCUT2D eigenvalue weighted by molar-refractivity contribution is 6.06. The molecule has 1 fully saturated rings. The molecule has 1 aromatic carbocycles. The van der Waals surface area contributed by atoms with Gasteiger partial charge < -0.3 is 15.5 Å². The Hall–Kier alpha value is -3.30. The summed E-state index contributed by atoms with van der Waals surface area (Å²) in [5, 5.41) is 5.82. The van der Waals surface area contributed by atoms with Crippen molar-refractivity contribution in [2.75, 3.05) is 21.7 Å². The molecule has 0 spiro atoms. The molecule has 10 heteroatoms. The first-order chi connectivity index (χ1) is 14.4. The molecule has 5 rings (SSSR count). The molecule has 7 nitrogen and oxygen atoms in total. The highest BCUT2D eigenvalue weighted by Gasteiger charge is 2.57. The molecule has 156 valence electrons. The van der Waals surface area contributed by atoms with Crippen molar-refractivity contribution >= 4 is 23.4 Å². The van der Waals surface area contributed by atoms with E-state index in [4.69, 9.17) is 0 Å². The van der Waals surface area contributed by atoms with Gasteiger partial charge in [0.2, 0.25) is 5.95 Å².